The average Bonchev–Trinajstić information content (AvgIpc) is 3.32. The maximum Gasteiger partial charge on any atom is 0.293 e. The van der Waals surface area contributed by atoms with Gasteiger partial charge in [-0.2, -0.15) is 10.1 Å². The summed E-state index contributed by atoms with van der Waals surface area (Å²) in [6.45, 7) is 4.93. The molecule has 9 nitrogen and oxygen atoms in total. The van der Waals surface area contributed by atoms with Crippen LogP contribution in [0.4, 0.5) is 0 Å². The molecule has 3 aromatic heterocycles. The summed E-state index contributed by atoms with van der Waals surface area (Å²) in [5.74, 6) is 1.52. The average molecular weight is 342 g/mol. The monoisotopic (exact) mass is 342 g/mol. The van der Waals surface area contributed by atoms with Crippen LogP contribution in [0.25, 0.3) is 11.7 Å². The molecule has 0 saturated carbocycles. The van der Waals surface area contributed by atoms with Crippen molar-refractivity contribution in [1.29, 1.82) is 0 Å². The van der Waals surface area contributed by atoms with E-state index in [4.69, 9.17) is 8.94 Å². The number of hydrogen-bond acceptors (Lipinski definition) is 7. The number of nitrogens with one attached hydrogen (secondary N) is 1. The molecule has 130 valence electrons. The number of nitrogens with zero attached hydrogens (tertiary/aromatic N) is 5. The van der Waals surface area contributed by atoms with Crippen molar-refractivity contribution < 1.29 is 13.7 Å². The summed E-state index contributed by atoms with van der Waals surface area (Å²) in [6, 6.07) is 5.59. The predicted molar refractivity (Wildman–Crippen MR) is 85.9 cm³/mol. The van der Waals surface area contributed by atoms with Crippen LogP contribution >= 0.6 is 0 Å². The molecule has 1 aliphatic heterocycles. The molecule has 25 heavy (non-hydrogen) atoms. The lowest BCUT2D eigenvalue weighted by molar-refractivity contribution is -0.119. The summed E-state index contributed by atoms with van der Waals surface area (Å²) < 4.78 is 12.5. The van der Waals surface area contributed by atoms with Crippen LogP contribution in [-0.4, -0.2) is 37.3 Å². The Hall–Kier alpha value is -2.94. The molecule has 0 unspecified atom stereocenters. The number of fused-ring (bicyclic) bond motifs is 1. The van der Waals surface area contributed by atoms with Crippen LogP contribution in [0, 0.1) is 0 Å². The van der Waals surface area contributed by atoms with Gasteiger partial charge in [0.1, 0.15) is 0 Å². The molecule has 0 radical (unpaired) electrons. The van der Waals surface area contributed by atoms with Gasteiger partial charge in [0.15, 0.2) is 11.6 Å². The molecule has 1 amide bonds. The molecule has 9 heteroatoms. The summed E-state index contributed by atoms with van der Waals surface area (Å²) in [7, 11) is 0. The van der Waals surface area contributed by atoms with E-state index in [0.29, 0.717) is 30.6 Å². The number of aromatic nitrogens is 4. The van der Waals surface area contributed by atoms with Crippen LogP contribution < -0.4 is 5.32 Å². The third kappa shape index (κ3) is 3.45. The first kappa shape index (κ1) is 15.6. The number of carbonyl (C=O) groups is 1. The molecule has 1 N–H and O–H groups in total. The van der Waals surface area contributed by atoms with Gasteiger partial charge in [0, 0.05) is 20.0 Å². The van der Waals surface area contributed by atoms with Crippen LogP contribution in [0.2, 0.25) is 0 Å². The minimum Gasteiger partial charge on any atom is -0.459 e. The SMILES string of the molecule is CC(=O)NCc1cc2n(n1)CCN(Cc1noc(-c3ccco3)n1)C2. The van der Waals surface area contributed by atoms with Gasteiger partial charge in [-0.25, -0.2) is 0 Å². The van der Waals surface area contributed by atoms with E-state index in [2.05, 4.69) is 25.5 Å². The van der Waals surface area contributed by atoms with E-state index in [-0.39, 0.29) is 5.91 Å². The molecule has 0 fully saturated rings. The lowest BCUT2D eigenvalue weighted by atomic mass is 10.2. The maximum atomic E-state index is 11.0. The molecule has 1 aliphatic rings. The number of amides is 1. The van der Waals surface area contributed by atoms with Crippen molar-refractivity contribution in [2.24, 2.45) is 0 Å². The molecule has 3 aromatic rings. The van der Waals surface area contributed by atoms with E-state index in [1.54, 1.807) is 18.4 Å². The van der Waals surface area contributed by atoms with Crippen molar-refractivity contribution in [1.82, 2.24) is 30.1 Å². The minimum absolute atomic E-state index is 0.0583. The molecule has 0 spiro atoms. The Balaban J connectivity index is 1.40. The van der Waals surface area contributed by atoms with E-state index in [1.165, 1.54) is 6.92 Å². The van der Waals surface area contributed by atoms with Crippen LogP contribution in [0.5, 0.6) is 0 Å². The normalized spacial score (nSPS) is 14.4. The van der Waals surface area contributed by atoms with Crippen molar-refractivity contribution in [3.63, 3.8) is 0 Å². The lowest BCUT2D eigenvalue weighted by Crippen LogP contribution is -2.33. The topological polar surface area (TPSA) is 102 Å². The molecule has 0 saturated heterocycles. The number of carbonyl (C=O) groups excluding carboxylic acids is 1. The fraction of sp³-hybridized carbons (Fsp3) is 0.375. The highest BCUT2D eigenvalue weighted by Gasteiger charge is 2.21. The highest BCUT2D eigenvalue weighted by molar-refractivity contribution is 5.72. The Morgan fingerprint density at radius 2 is 2.32 bits per heavy atom. The summed E-state index contributed by atoms with van der Waals surface area (Å²) in [5.41, 5.74) is 1.98. The van der Waals surface area contributed by atoms with Crippen LogP contribution in [0.1, 0.15) is 24.1 Å². The Morgan fingerprint density at radius 1 is 1.40 bits per heavy atom. The summed E-state index contributed by atoms with van der Waals surface area (Å²) in [5, 5.41) is 11.3. The van der Waals surface area contributed by atoms with E-state index in [0.717, 1.165) is 31.0 Å². The van der Waals surface area contributed by atoms with Gasteiger partial charge in [-0.05, 0) is 18.2 Å². The van der Waals surface area contributed by atoms with Gasteiger partial charge in [0.25, 0.3) is 5.89 Å². The first-order chi connectivity index (χ1) is 12.2. The Bertz CT molecular complexity index is 866. The summed E-state index contributed by atoms with van der Waals surface area (Å²) in [4.78, 5) is 17.6. The Morgan fingerprint density at radius 3 is 3.12 bits per heavy atom. The molecular weight excluding hydrogens is 324 g/mol. The quantitative estimate of drug-likeness (QED) is 0.742. The van der Waals surface area contributed by atoms with Crippen molar-refractivity contribution in [2.75, 3.05) is 6.54 Å². The second-order valence-corrected chi connectivity index (χ2v) is 5.96. The third-order valence-electron chi connectivity index (χ3n) is 4.01. The predicted octanol–water partition coefficient (Wildman–Crippen LogP) is 1.18. The summed E-state index contributed by atoms with van der Waals surface area (Å²) in [6.07, 6.45) is 1.57. The van der Waals surface area contributed by atoms with Gasteiger partial charge >= 0.3 is 0 Å². The van der Waals surface area contributed by atoms with Crippen molar-refractivity contribution >= 4 is 5.91 Å². The zero-order valence-electron chi connectivity index (χ0n) is 13.8. The second-order valence-electron chi connectivity index (χ2n) is 5.96. The van der Waals surface area contributed by atoms with Gasteiger partial charge in [0.05, 0.1) is 37.3 Å². The number of rotatable bonds is 5. The minimum atomic E-state index is -0.0583. The molecule has 0 atom stereocenters. The van der Waals surface area contributed by atoms with Gasteiger partial charge in [-0.1, -0.05) is 5.16 Å². The molecule has 4 rings (SSSR count). The summed E-state index contributed by atoms with van der Waals surface area (Å²) >= 11 is 0. The number of hydrogen-bond donors (Lipinski definition) is 1. The first-order valence-electron chi connectivity index (χ1n) is 8.06. The Labute approximate surface area is 143 Å². The van der Waals surface area contributed by atoms with Crippen LogP contribution in [0.15, 0.2) is 33.4 Å². The van der Waals surface area contributed by atoms with E-state index in [1.807, 2.05) is 10.7 Å². The van der Waals surface area contributed by atoms with Gasteiger partial charge in [0.2, 0.25) is 5.91 Å². The van der Waals surface area contributed by atoms with E-state index < -0.39 is 0 Å². The molecule has 0 aromatic carbocycles. The van der Waals surface area contributed by atoms with Crippen molar-refractivity contribution in [3.8, 4) is 11.7 Å². The van der Waals surface area contributed by atoms with Gasteiger partial charge < -0.3 is 14.3 Å². The van der Waals surface area contributed by atoms with Crippen molar-refractivity contribution in [2.45, 2.75) is 33.1 Å². The van der Waals surface area contributed by atoms with Crippen LogP contribution in [-0.2, 0) is 31.0 Å². The zero-order valence-corrected chi connectivity index (χ0v) is 13.8. The van der Waals surface area contributed by atoms with E-state index >= 15 is 0 Å². The number of furan rings is 1. The molecule has 0 bridgehead atoms. The van der Waals surface area contributed by atoms with Gasteiger partial charge in [-0.3, -0.25) is 14.4 Å². The fourth-order valence-corrected chi connectivity index (χ4v) is 2.84. The first-order valence-corrected chi connectivity index (χ1v) is 8.06. The second kappa shape index (κ2) is 6.52. The third-order valence-corrected chi connectivity index (χ3v) is 4.01. The standard InChI is InChI=1S/C16H18N6O3/c1-11(23)17-8-12-7-13-9-21(4-5-22(13)19-12)10-15-18-16(25-20-15)14-3-2-6-24-14/h2-3,6-7H,4-5,8-10H2,1H3,(H,17,23). The largest absolute Gasteiger partial charge is 0.459 e. The van der Waals surface area contributed by atoms with Gasteiger partial charge in [-0.15, -0.1) is 0 Å². The van der Waals surface area contributed by atoms with Crippen molar-refractivity contribution in [3.05, 3.63) is 41.7 Å². The smallest absolute Gasteiger partial charge is 0.293 e. The van der Waals surface area contributed by atoms with E-state index in [9.17, 15) is 4.79 Å². The lowest BCUT2D eigenvalue weighted by Gasteiger charge is -2.26. The highest BCUT2D eigenvalue weighted by Crippen LogP contribution is 2.19. The zero-order chi connectivity index (χ0) is 17.2. The highest BCUT2D eigenvalue weighted by atomic mass is 16.5. The maximum absolute atomic E-state index is 11.0. The fourth-order valence-electron chi connectivity index (χ4n) is 2.84. The van der Waals surface area contributed by atoms with Crippen LogP contribution in [0.3, 0.4) is 0 Å². The molecule has 0 aliphatic carbocycles. The molecule has 4 heterocycles. The Kier molecular flexibility index (Phi) is 4.06. The molecular formula is C16H18N6O3.